The minimum atomic E-state index is -3.93. The van der Waals surface area contributed by atoms with Gasteiger partial charge in [0.05, 0.1) is 17.7 Å². The Bertz CT molecular complexity index is 1340. The Morgan fingerprint density at radius 2 is 1.82 bits per heavy atom. The van der Waals surface area contributed by atoms with E-state index in [1.807, 2.05) is 12.1 Å². The van der Waals surface area contributed by atoms with Crippen molar-refractivity contribution in [2.45, 2.75) is 50.3 Å². The maximum absolute atomic E-state index is 13.5. The molecule has 1 saturated heterocycles. The van der Waals surface area contributed by atoms with Gasteiger partial charge in [-0.25, -0.2) is 13.4 Å². The number of sulfonamides is 1. The number of benzene rings is 2. The summed E-state index contributed by atoms with van der Waals surface area (Å²) in [6, 6.07) is 15.2. The second-order valence-corrected chi connectivity index (χ2v) is 11.1. The number of rotatable bonds is 10. The number of anilines is 2. The molecule has 4 rings (SSSR count). The number of aliphatic hydroxyl groups excluding tert-OH is 1. The zero-order valence-corrected chi connectivity index (χ0v) is 22.3. The first-order valence-electron chi connectivity index (χ1n) is 12.7. The number of piperazine rings is 1. The van der Waals surface area contributed by atoms with Gasteiger partial charge in [0.1, 0.15) is 23.4 Å². The minimum Gasteiger partial charge on any atom is -0.390 e. The number of carbonyl (C=O) groups excluding carboxylic acids is 1. The van der Waals surface area contributed by atoms with Crippen LogP contribution in [0.2, 0.25) is 0 Å². The Labute approximate surface area is 223 Å². The zero-order valence-electron chi connectivity index (χ0n) is 21.5. The summed E-state index contributed by atoms with van der Waals surface area (Å²) in [7, 11) is -3.93. The van der Waals surface area contributed by atoms with Gasteiger partial charge >= 0.3 is 0 Å². The number of amides is 1. The fourth-order valence-corrected chi connectivity index (χ4v) is 6.00. The molecule has 0 unspecified atom stereocenters. The van der Waals surface area contributed by atoms with E-state index >= 15 is 0 Å². The summed E-state index contributed by atoms with van der Waals surface area (Å²) in [6.07, 6.45) is 4.74. The molecule has 11 heteroatoms. The predicted octanol–water partition coefficient (Wildman–Crippen LogP) is 2.09. The molecule has 1 aliphatic heterocycles. The van der Waals surface area contributed by atoms with Crippen molar-refractivity contribution in [1.82, 2.24) is 19.6 Å². The molecule has 4 N–H and O–H groups in total. The molecule has 2 aromatic carbocycles. The lowest BCUT2D eigenvalue weighted by Gasteiger charge is -2.40. The van der Waals surface area contributed by atoms with Crippen LogP contribution >= 0.6 is 0 Å². The van der Waals surface area contributed by atoms with Crippen LogP contribution in [0.25, 0.3) is 0 Å². The van der Waals surface area contributed by atoms with Crippen molar-refractivity contribution in [3.05, 3.63) is 77.6 Å². The molecule has 1 atom stereocenters. The van der Waals surface area contributed by atoms with E-state index < -0.39 is 22.0 Å². The summed E-state index contributed by atoms with van der Waals surface area (Å²) < 4.78 is 28.3. The zero-order chi connectivity index (χ0) is 27.1. The SMILES string of the molecule is CCCCc1ccc(CNC(=O)[C@H]2CN(c3cnc(CO)c(N)n3)CCN2S(=O)(=O)c2ccccc2)cc1. The molecule has 2 heterocycles. The highest BCUT2D eigenvalue weighted by Crippen LogP contribution is 2.25. The topological polar surface area (TPSA) is 142 Å². The number of nitrogens with zero attached hydrogens (tertiary/aromatic N) is 4. The Hall–Kier alpha value is -3.54. The molecule has 1 fully saturated rings. The van der Waals surface area contributed by atoms with Gasteiger partial charge in [-0.1, -0.05) is 55.8 Å². The van der Waals surface area contributed by atoms with Crippen LogP contribution in [0, 0.1) is 0 Å². The van der Waals surface area contributed by atoms with Crippen LogP contribution in [0.5, 0.6) is 0 Å². The van der Waals surface area contributed by atoms with Gasteiger partial charge in [0.25, 0.3) is 0 Å². The molecular weight excluding hydrogens is 504 g/mol. The number of nitrogen functional groups attached to an aromatic ring is 1. The van der Waals surface area contributed by atoms with Crippen LogP contribution in [-0.4, -0.2) is 59.4 Å². The van der Waals surface area contributed by atoms with Gasteiger partial charge in [-0.15, -0.1) is 0 Å². The second kappa shape index (κ2) is 12.3. The van der Waals surface area contributed by atoms with Crippen LogP contribution in [0.4, 0.5) is 11.6 Å². The smallest absolute Gasteiger partial charge is 0.243 e. The van der Waals surface area contributed by atoms with Gasteiger partial charge in [-0.2, -0.15) is 4.31 Å². The fourth-order valence-electron chi connectivity index (χ4n) is 4.41. The quantitative estimate of drug-likeness (QED) is 0.356. The normalized spacial score (nSPS) is 16.4. The van der Waals surface area contributed by atoms with Gasteiger partial charge in [-0.3, -0.25) is 9.78 Å². The lowest BCUT2D eigenvalue weighted by atomic mass is 10.1. The number of nitrogens with two attached hydrogens (primary N) is 1. The first-order valence-corrected chi connectivity index (χ1v) is 14.2. The molecular formula is C27H34N6O4S. The third kappa shape index (κ3) is 6.29. The molecule has 0 aliphatic carbocycles. The average molecular weight is 539 g/mol. The summed E-state index contributed by atoms with van der Waals surface area (Å²) in [5.74, 6) is 0.0989. The van der Waals surface area contributed by atoms with Gasteiger partial charge in [0.15, 0.2) is 0 Å². The number of hydrogen-bond acceptors (Lipinski definition) is 8. The maximum atomic E-state index is 13.5. The molecule has 1 amide bonds. The van der Waals surface area contributed by atoms with Crippen LogP contribution in [-0.2, 0) is 34.4 Å². The minimum absolute atomic E-state index is 0.0699. The first kappa shape index (κ1) is 27.5. The van der Waals surface area contributed by atoms with E-state index in [4.69, 9.17) is 5.73 Å². The number of aliphatic hydroxyl groups is 1. The number of carbonyl (C=O) groups is 1. The largest absolute Gasteiger partial charge is 0.390 e. The molecule has 0 bridgehead atoms. The van der Waals surface area contributed by atoms with E-state index in [1.54, 1.807) is 23.1 Å². The fraction of sp³-hybridized carbons (Fsp3) is 0.370. The van der Waals surface area contributed by atoms with E-state index in [0.29, 0.717) is 12.4 Å². The monoisotopic (exact) mass is 538 g/mol. The average Bonchev–Trinajstić information content (AvgIpc) is 2.95. The number of hydrogen-bond donors (Lipinski definition) is 3. The number of nitrogens with one attached hydrogen (secondary N) is 1. The van der Waals surface area contributed by atoms with Crippen LogP contribution in [0.3, 0.4) is 0 Å². The molecule has 10 nitrogen and oxygen atoms in total. The van der Waals surface area contributed by atoms with Gasteiger partial charge in [0.2, 0.25) is 15.9 Å². The van der Waals surface area contributed by atoms with E-state index in [-0.39, 0.29) is 42.6 Å². The van der Waals surface area contributed by atoms with Crippen LogP contribution in [0.15, 0.2) is 65.7 Å². The van der Waals surface area contributed by atoms with Gasteiger partial charge in [0, 0.05) is 26.2 Å². The van der Waals surface area contributed by atoms with Crippen molar-refractivity contribution in [3.63, 3.8) is 0 Å². The summed E-state index contributed by atoms with van der Waals surface area (Å²) in [5, 5.41) is 12.3. The Kier molecular flexibility index (Phi) is 8.93. The van der Waals surface area contributed by atoms with Gasteiger partial charge < -0.3 is 21.1 Å². The van der Waals surface area contributed by atoms with E-state index in [2.05, 4.69) is 34.3 Å². The predicted molar refractivity (Wildman–Crippen MR) is 146 cm³/mol. The standard InChI is InChI=1S/C27H34N6O4S/c1-2-3-7-20-10-12-21(13-11-20)16-30-27(35)24-18-32(25-17-29-23(19-34)26(28)31-25)14-15-33(24)38(36,37)22-8-5-4-6-9-22/h4-6,8-13,17,24,34H,2-3,7,14-16,18-19H2,1H3,(H2,28,31)(H,30,35)/t24-/m1/s1. The highest BCUT2D eigenvalue weighted by molar-refractivity contribution is 7.89. The molecule has 1 aliphatic rings. The molecule has 202 valence electrons. The first-order chi connectivity index (χ1) is 18.3. The Morgan fingerprint density at radius 3 is 2.47 bits per heavy atom. The van der Waals surface area contributed by atoms with Crippen molar-refractivity contribution in [3.8, 4) is 0 Å². The third-order valence-corrected chi connectivity index (χ3v) is 8.56. The van der Waals surface area contributed by atoms with Crippen LogP contribution in [0.1, 0.15) is 36.6 Å². The third-order valence-electron chi connectivity index (χ3n) is 6.63. The summed E-state index contributed by atoms with van der Waals surface area (Å²) in [4.78, 5) is 23.8. The Balaban J connectivity index is 1.55. The van der Waals surface area contributed by atoms with Crippen molar-refractivity contribution in [2.24, 2.45) is 0 Å². The van der Waals surface area contributed by atoms with E-state index in [1.165, 1.54) is 28.2 Å². The van der Waals surface area contributed by atoms with Crippen molar-refractivity contribution < 1.29 is 18.3 Å². The number of aromatic nitrogens is 2. The van der Waals surface area contributed by atoms with Crippen molar-refractivity contribution in [2.75, 3.05) is 30.3 Å². The Morgan fingerprint density at radius 1 is 1.11 bits per heavy atom. The van der Waals surface area contributed by atoms with E-state index in [9.17, 15) is 18.3 Å². The molecule has 0 radical (unpaired) electrons. The second-order valence-electron chi connectivity index (χ2n) is 9.25. The molecule has 3 aromatic rings. The highest BCUT2D eigenvalue weighted by atomic mass is 32.2. The van der Waals surface area contributed by atoms with Crippen molar-refractivity contribution >= 4 is 27.6 Å². The number of aryl methyl sites for hydroxylation is 1. The van der Waals surface area contributed by atoms with Crippen LogP contribution < -0.4 is 16.0 Å². The molecule has 0 spiro atoms. The summed E-state index contributed by atoms with van der Waals surface area (Å²) >= 11 is 0. The molecule has 0 saturated carbocycles. The lowest BCUT2D eigenvalue weighted by molar-refractivity contribution is -0.125. The highest BCUT2D eigenvalue weighted by Gasteiger charge is 2.40. The lowest BCUT2D eigenvalue weighted by Crippen LogP contribution is -2.60. The molecule has 1 aromatic heterocycles. The van der Waals surface area contributed by atoms with Gasteiger partial charge in [-0.05, 0) is 36.1 Å². The van der Waals surface area contributed by atoms with Crippen molar-refractivity contribution in [1.29, 1.82) is 0 Å². The number of unbranched alkanes of at least 4 members (excludes halogenated alkanes) is 1. The summed E-state index contributed by atoms with van der Waals surface area (Å²) in [5.41, 5.74) is 8.35. The maximum Gasteiger partial charge on any atom is 0.243 e. The van der Waals surface area contributed by atoms with E-state index in [0.717, 1.165) is 24.8 Å². The molecule has 38 heavy (non-hydrogen) atoms. The summed E-state index contributed by atoms with van der Waals surface area (Å²) in [6.45, 7) is 2.53.